The minimum Gasteiger partial charge on any atom is -0.381 e. The first-order valence-electron chi connectivity index (χ1n) is 5.42. The molecule has 1 aromatic rings. The second-order valence-electron chi connectivity index (χ2n) is 3.96. The smallest absolute Gasteiger partial charge is 0.213 e. The second kappa shape index (κ2) is 5.23. The maximum atomic E-state index is 5.35. The van der Waals surface area contributed by atoms with E-state index in [9.17, 15) is 0 Å². The molecule has 1 aliphatic rings. The lowest BCUT2D eigenvalue weighted by molar-refractivity contribution is 0.178. The fraction of sp³-hybridized carbons (Fsp3) is 0.800. The maximum absolute atomic E-state index is 5.35. The van der Waals surface area contributed by atoms with Gasteiger partial charge in [-0.05, 0) is 19.3 Å². The fourth-order valence-corrected chi connectivity index (χ4v) is 1.83. The van der Waals surface area contributed by atoms with Crippen LogP contribution in [0, 0.1) is 5.92 Å². The molecule has 0 aliphatic carbocycles. The van der Waals surface area contributed by atoms with Gasteiger partial charge in [0, 0.05) is 25.6 Å². The molecule has 5 nitrogen and oxygen atoms in total. The Bertz CT molecular complexity index is 270. The topological polar surface area (TPSA) is 60.2 Å². The number of nitrogens with one attached hydrogen (secondary N) is 1. The fourth-order valence-electron chi connectivity index (χ4n) is 1.83. The van der Waals surface area contributed by atoms with Gasteiger partial charge in [-0.25, -0.2) is 0 Å². The van der Waals surface area contributed by atoms with E-state index in [1.165, 1.54) is 6.39 Å². The van der Waals surface area contributed by atoms with Crippen LogP contribution in [0.1, 0.15) is 19.2 Å². The van der Waals surface area contributed by atoms with E-state index >= 15 is 0 Å². The zero-order chi connectivity index (χ0) is 10.5. The molecule has 0 aromatic carbocycles. The van der Waals surface area contributed by atoms with E-state index in [1.807, 2.05) is 0 Å². The highest BCUT2D eigenvalue weighted by Crippen LogP contribution is 2.16. The highest BCUT2D eigenvalue weighted by Gasteiger charge is 2.21. The van der Waals surface area contributed by atoms with Crippen molar-refractivity contribution in [2.75, 3.05) is 19.8 Å². The minimum atomic E-state index is 0.499. The summed E-state index contributed by atoms with van der Waals surface area (Å²) in [4.78, 5) is 3.97. The maximum Gasteiger partial charge on any atom is 0.213 e. The number of nitrogens with zero attached hydrogens (tertiary/aromatic N) is 2. The van der Waals surface area contributed by atoms with Crippen LogP contribution in [-0.2, 0) is 11.2 Å². The van der Waals surface area contributed by atoms with Crippen molar-refractivity contribution in [2.24, 2.45) is 5.92 Å². The van der Waals surface area contributed by atoms with Crippen molar-refractivity contribution in [3.63, 3.8) is 0 Å². The quantitative estimate of drug-likeness (QED) is 0.774. The van der Waals surface area contributed by atoms with E-state index in [-0.39, 0.29) is 0 Å². The molecule has 2 atom stereocenters. The lowest BCUT2D eigenvalue weighted by Crippen LogP contribution is -2.35. The lowest BCUT2D eigenvalue weighted by Gasteiger charge is -2.18. The largest absolute Gasteiger partial charge is 0.381 e. The van der Waals surface area contributed by atoms with Crippen molar-refractivity contribution < 1.29 is 9.26 Å². The molecule has 2 unspecified atom stereocenters. The molecule has 0 radical (unpaired) electrons. The second-order valence-corrected chi connectivity index (χ2v) is 3.96. The van der Waals surface area contributed by atoms with Crippen LogP contribution in [0.4, 0.5) is 0 Å². The first-order valence-corrected chi connectivity index (χ1v) is 5.42. The van der Waals surface area contributed by atoms with Gasteiger partial charge in [0.25, 0.3) is 0 Å². The molecule has 15 heavy (non-hydrogen) atoms. The van der Waals surface area contributed by atoms with Crippen LogP contribution in [0.2, 0.25) is 0 Å². The molecular formula is C10H17N3O2. The predicted molar refractivity (Wildman–Crippen MR) is 54.4 cm³/mol. The van der Waals surface area contributed by atoms with Gasteiger partial charge in [0.05, 0.1) is 6.61 Å². The Kier molecular flexibility index (Phi) is 3.69. The van der Waals surface area contributed by atoms with Crippen LogP contribution < -0.4 is 5.32 Å². The first-order chi connectivity index (χ1) is 7.36. The van der Waals surface area contributed by atoms with Crippen LogP contribution in [0.15, 0.2) is 10.9 Å². The molecule has 1 fully saturated rings. The molecule has 0 bridgehead atoms. The Morgan fingerprint density at radius 3 is 3.27 bits per heavy atom. The Balaban J connectivity index is 1.64. The number of aromatic nitrogens is 2. The lowest BCUT2D eigenvalue weighted by atomic mass is 10.0. The summed E-state index contributed by atoms with van der Waals surface area (Å²) in [6, 6.07) is 0.499. The van der Waals surface area contributed by atoms with E-state index < -0.39 is 0 Å². The van der Waals surface area contributed by atoms with Crippen LogP contribution >= 0.6 is 0 Å². The normalized spacial score (nSPS) is 23.1. The van der Waals surface area contributed by atoms with Gasteiger partial charge < -0.3 is 14.6 Å². The van der Waals surface area contributed by atoms with Gasteiger partial charge in [-0.15, -0.1) is 0 Å². The molecule has 0 amide bonds. The zero-order valence-electron chi connectivity index (χ0n) is 8.98. The average Bonchev–Trinajstić information content (AvgIpc) is 2.90. The highest BCUT2D eigenvalue weighted by molar-refractivity contribution is 4.81. The van der Waals surface area contributed by atoms with E-state index in [2.05, 4.69) is 26.9 Å². The summed E-state index contributed by atoms with van der Waals surface area (Å²) in [5.41, 5.74) is 0. The van der Waals surface area contributed by atoms with Crippen LogP contribution in [0.3, 0.4) is 0 Å². The molecule has 2 rings (SSSR count). The van der Waals surface area contributed by atoms with Gasteiger partial charge in [0.15, 0.2) is 5.82 Å². The summed E-state index contributed by atoms with van der Waals surface area (Å²) in [6.07, 6.45) is 3.34. The monoisotopic (exact) mass is 211 g/mol. The van der Waals surface area contributed by atoms with Gasteiger partial charge in [-0.2, -0.15) is 4.98 Å². The van der Waals surface area contributed by atoms with Crippen molar-refractivity contribution in [3.05, 3.63) is 12.2 Å². The van der Waals surface area contributed by atoms with Gasteiger partial charge in [0.2, 0.25) is 6.39 Å². The molecule has 0 saturated carbocycles. The van der Waals surface area contributed by atoms with Gasteiger partial charge >= 0.3 is 0 Å². The average molecular weight is 211 g/mol. The number of ether oxygens (including phenoxy) is 1. The standard InChI is InChI=1S/C10H17N3O2/c1-8(9-3-5-14-6-9)11-4-2-10-12-7-15-13-10/h7-9,11H,2-6H2,1H3. The Morgan fingerprint density at radius 1 is 1.67 bits per heavy atom. The minimum absolute atomic E-state index is 0.499. The van der Waals surface area contributed by atoms with Gasteiger partial charge in [-0.1, -0.05) is 5.16 Å². The van der Waals surface area contributed by atoms with E-state index in [0.717, 1.165) is 38.4 Å². The van der Waals surface area contributed by atoms with E-state index in [1.54, 1.807) is 0 Å². The zero-order valence-corrected chi connectivity index (χ0v) is 8.98. The van der Waals surface area contributed by atoms with Crippen LogP contribution in [-0.4, -0.2) is 35.9 Å². The SMILES string of the molecule is CC(NCCc1ncon1)C1CCOC1. The molecule has 1 aliphatic heterocycles. The molecule has 0 spiro atoms. The van der Waals surface area contributed by atoms with Crippen LogP contribution in [0.25, 0.3) is 0 Å². The summed E-state index contributed by atoms with van der Waals surface area (Å²) in [7, 11) is 0. The Labute approximate surface area is 89.2 Å². The molecule has 1 N–H and O–H groups in total. The molecule has 1 saturated heterocycles. The van der Waals surface area contributed by atoms with Gasteiger partial charge in [-0.3, -0.25) is 0 Å². The molecule has 1 aromatic heterocycles. The van der Waals surface area contributed by atoms with Crippen molar-refractivity contribution >= 4 is 0 Å². The summed E-state index contributed by atoms with van der Waals surface area (Å²) >= 11 is 0. The summed E-state index contributed by atoms with van der Waals surface area (Å²) in [5, 5.41) is 7.22. The van der Waals surface area contributed by atoms with Crippen molar-refractivity contribution in [1.82, 2.24) is 15.5 Å². The molecule has 84 valence electrons. The van der Waals surface area contributed by atoms with E-state index in [0.29, 0.717) is 12.0 Å². The molecule has 2 heterocycles. The van der Waals surface area contributed by atoms with Crippen molar-refractivity contribution in [3.8, 4) is 0 Å². The summed E-state index contributed by atoms with van der Waals surface area (Å²) in [5.74, 6) is 1.41. The third-order valence-electron chi connectivity index (χ3n) is 2.89. The summed E-state index contributed by atoms with van der Waals surface area (Å²) < 4.78 is 10.0. The van der Waals surface area contributed by atoms with Crippen LogP contribution in [0.5, 0.6) is 0 Å². The number of hydrogen-bond acceptors (Lipinski definition) is 5. The number of rotatable bonds is 5. The van der Waals surface area contributed by atoms with Crippen molar-refractivity contribution in [2.45, 2.75) is 25.8 Å². The van der Waals surface area contributed by atoms with Crippen molar-refractivity contribution in [1.29, 1.82) is 0 Å². The third kappa shape index (κ3) is 3.00. The highest BCUT2D eigenvalue weighted by atomic mass is 16.5. The molecule has 5 heteroatoms. The number of hydrogen-bond donors (Lipinski definition) is 1. The Morgan fingerprint density at radius 2 is 2.60 bits per heavy atom. The predicted octanol–water partition coefficient (Wildman–Crippen LogP) is 0.627. The summed E-state index contributed by atoms with van der Waals surface area (Å²) in [6.45, 7) is 4.88. The first kappa shape index (κ1) is 10.6. The molecular weight excluding hydrogens is 194 g/mol. The third-order valence-corrected chi connectivity index (χ3v) is 2.89. The van der Waals surface area contributed by atoms with Gasteiger partial charge in [0.1, 0.15) is 0 Å². The van der Waals surface area contributed by atoms with E-state index in [4.69, 9.17) is 4.74 Å². The Hall–Kier alpha value is -0.940.